The van der Waals surface area contributed by atoms with Crippen LogP contribution >= 0.6 is 0 Å². The van der Waals surface area contributed by atoms with Gasteiger partial charge in [-0.25, -0.2) is 0 Å². The monoisotopic (exact) mass is 253 g/mol. The first kappa shape index (κ1) is 14.3. The topological polar surface area (TPSA) is 81.8 Å². The number of ether oxygens (including phenoxy) is 2. The van der Waals surface area contributed by atoms with Gasteiger partial charge in [-0.1, -0.05) is 6.92 Å². The maximum absolute atomic E-state index is 11.0. The van der Waals surface area contributed by atoms with E-state index in [-0.39, 0.29) is 6.61 Å². The molecule has 1 unspecified atom stereocenters. The van der Waals surface area contributed by atoms with Gasteiger partial charge < -0.3 is 20.3 Å². The predicted octanol–water partition coefficient (Wildman–Crippen LogP) is 1.22. The van der Waals surface area contributed by atoms with Crippen molar-refractivity contribution in [1.29, 1.82) is 0 Å². The smallest absolute Gasteiger partial charge is 0.258 e. The molecule has 5 nitrogen and oxygen atoms in total. The van der Waals surface area contributed by atoms with Crippen molar-refractivity contribution in [2.45, 2.75) is 33.0 Å². The molecule has 5 heteroatoms. The van der Waals surface area contributed by atoms with Gasteiger partial charge in [-0.15, -0.1) is 0 Å². The summed E-state index contributed by atoms with van der Waals surface area (Å²) in [6.45, 7) is 4.00. The van der Waals surface area contributed by atoms with E-state index in [1.54, 1.807) is 25.1 Å². The highest BCUT2D eigenvalue weighted by atomic mass is 16.5. The van der Waals surface area contributed by atoms with Crippen LogP contribution in [0.2, 0.25) is 0 Å². The number of primary amides is 1. The van der Waals surface area contributed by atoms with Crippen LogP contribution in [0.25, 0.3) is 0 Å². The normalized spacial score (nSPS) is 11.9. The SMILES string of the molecule is CCCOc1ccc(CO)c(OC(C)C(N)=O)c1. The van der Waals surface area contributed by atoms with Gasteiger partial charge in [0, 0.05) is 11.6 Å². The van der Waals surface area contributed by atoms with Crippen molar-refractivity contribution in [2.24, 2.45) is 5.73 Å². The van der Waals surface area contributed by atoms with E-state index in [1.807, 2.05) is 6.92 Å². The number of rotatable bonds is 7. The standard InChI is InChI=1S/C13H19NO4/c1-3-6-17-11-5-4-10(8-15)12(7-11)18-9(2)13(14)16/h4-5,7,9,15H,3,6,8H2,1-2H3,(H2,14,16). The van der Waals surface area contributed by atoms with Crippen LogP contribution in [0.5, 0.6) is 11.5 Å². The predicted molar refractivity (Wildman–Crippen MR) is 67.4 cm³/mol. The summed E-state index contributed by atoms with van der Waals surface area (Å²) >= 11 is 0. The summed E-state index contributed by atoms with van der Waals surface area (Å²) in [7, 11) is 0. The van der Waals surface area contributed by atoms with E-state index in [4.69, 9.17) is 15.2 Å². The van der Waals surface area contributed by atoms with Crippen molar-refractivity contribution < 1.29 is 19.4 Å². The van der Waals surface area contributed by atoms with E-state index >= 15 is 0 Å². The summed E-state index contributed by atoms with van der Waals surface area (Å²) in [6, 6.07) is 5.11. The summed E-state index contributed by atoms with van der Waals surface area (Å²) in [5, 5.41) is 9.20. The van der Waals surface area contributed by atoms with Crippen LogP contribution in [0.3, 0.4) is 0 Å². The highest BCUT2D eigenvalue weighted by Gasteiger charge is 2.13. The van der Waals surface area contributed by atoms with Crippen LogP contribution in [0.4, 0.5) is 0 Å². The molecule has 1 aromatic rings. The molecule has 1 atom stereocenters. The van der Waals surface area contributed by atoms with Crippen LogP contribution in [0.15, 0.2) is 18.2 Å². The van der Waals surface area contributed by atoms with Crippen molar-refractivity contribution >= 4 is 5.91 Å². The molecule has 0 aliphatic rings. The van der Waals surface area contributed by atoms with E-state index in [0.717, 1.165) is 6.42 Å². The quantitative estimate of drug-likeness (QED) is 0.765. The zero-order valence-electron chi connectivity index (χ0n) is 10.7. The number of nitrogens with two attached hydrogens (primary N) is 1. The van der Waals surface area contributed by atoms with Crippen molar-refractivity contribution in [1.82, 2.24) is 0 Å². The Labute approximate surface area is 107 Å². The van der Waals surface area contributed by atoms with Crippen molar-refractivity contribution in [3.63, 3.8) is 0 Å². The molecule has 1 amide bonds. The number of hydrogen-bond acceptors (Lipinski definition) is 4. The molecule has 1 rings (SSSR count). The molecule has 0 saturated carbocycles. The second-order valence-electron chi connectivity index (χ2n) is 3.94. The molecule has 0 aliphatic heterocycles. The third-order valence-electron chi connectivity index (χ3n) is 2.39. The van der Waals surface area contributed by atoms with E-state index < -0.39 is 12.0 Å². The molecular weight excluding hydrogens is 234 g/mol. The first-order valence-corrected chi connectivity index (χ1v) is 5.91. The third kappa shape index (κ3) is 3.92. The van der Waals surface area contributed by atoms with E-state index in [1.165, 1.54) is 0 Å². The molecule has 0 aliphatic carbocycles. The Kier molecular flexibility index (Phi) is 5.45. The van der Waals surface area contributed by atoms with Crippen LogP contribution in [0.1, 0.15) is 25.8 Å². The Morgan fingerprint density at radius 3 is 2.78 bits per heavy atom. The van der Waals surface area contributed by atoms with Crippen molar-refractivity contribution in [3.05, 3.63) is 23.8 Å². The van der Waals surface area contributed by atoms with E-state index in [9.17, 15) is 9.90 Å². The number of benzene rings is 1. The summed E-state index contributed by atoms with van der Waals surface area (Å²) in [6.07, 6.45) is 0.145. The first-order chi connectivity index (χ1) is 8.58. The van der Waals surface area contributed by atoms with Gasteiger partial charge in [-0.05, 0) is 25.5 Å². The Bertz CT molecular complexity index is 406. The van der Waals surface area contributed by atoms with Crippen LogP contribution in [0, 0.1) is 0 Å². The van der Waals surface area contributed by atoms with Crippen LogP contribution in [-0.2, 0) is 11.4 Å². The number of aliphatic hydroxyl groups excluding tert-OH is 1. The third-order valence-corrected chi connectivity index (χ3v) is 2.39. The minimum atomic E-state index is -0.753. The molecule has 100 valence electrons. The Balaban J connectivity index is 2.87. The van der Waals surface area contributed by atoms with Gasteiger partial charge in [0.15, 0.2) is 6.10 Å². The van der Waals surface area contributed by atoms with Gasteiger partial charge in [0.25, 0.3) is 5.91 Å². The number of carbonyl (C=O) groups excluding carboxylic acids is 1. The molecule has 18 heavy (non-hydrogen) atoms. The van der Waals surface area contributed by atoms with Crippen LogP contribution in [-0.4, -0.2) is 23.7 Å². The largest absolute Gasteiger partial charge is 0.493 e. The minimum absolute atomic E-state index is 0.172. The van der Waals surface area contributed by atoms with E-state index in [0.29, 0.717) is 23.7 Å². The molecule has 0 fully saturated rings. The summed E-state index contributed by atoms with van der Waals surface area (Å²) in [5.41, 5.74) is 5.73. The van der Waals surface area contributed by atoms with Gasteiger partial charge in [0.05, 0.1) is 13.2 Å². The second kappa shape index (κ2) is 6.86. The lowest BCUT2D eigenvalue weighted by Crippen LogP contribution is -2.30. The molecule has 0 aromatic heterocycles. The number of aliphatic hydroxyl groups is 1. The van der Waals surface area contributed by atoms with Gasteiger partial charge in [0.2, 0.25) is 0 Å². The van der Waals surface area contributed by atoms with Gasteiger partial charge >= 0.3 is 0 Å². The lowest BCUT2D eigenvalue weighted by atomic mass is 10.2. The molecule has 0 heterocycles. The summed E-state index contributed by atoms with van der Waals surface area (Å²) in [5.74, 6) is 0.497. The summed E-state index contributed by atoms with van der Waals surface area (Å²) < 4.78 is 10.9. The summed E-state index contributed by atoms with van der Waals surface area (Å²) in [4.78, 5) is 11.0. The van der Waals surface area contributed by atoms with Gasteiger partial charge in [-0.3, -0.25) is 4.79 Å². The fourth-order valence-electron chi connectivity index (χ4n) is 1.33. The average Bonchev–Trinajstić information content (AvgIpc) is 2.36. The molecule has 3 N–H and O–H groups in total. The maximum Gasteiger partial charge on any atom is 0.258 e. The zero-order valence-corrected chi connectivity index (χ0v) is 10.7. The molecule has 1 aromatic carbocycles. The number of amides is 1. The van der Waals surface area contributed by atoms with Crippen molar-refractivity contribution in [2.75, 3.05) is 6.61 Å². The average molecular weight is 253 g/mol. The maximum atomic E-state index is 11.0. The fourth-order valence-corrected chi connectivity index (χ4v) is 1.33. The van der Waals surface area contributed by atoms with Gasteiger partial charge in [0.1, 0.15) is 11.5 Å². The Morgan fingerprint density at radius 1 is 1.50 bits per heavy atom. The highest BCUT2D eigenvalue weighted by molar-refractivity contribution is 5.78. The molecule has 0 spiro atoms. The number of carbonyl (C=O) groups is 1. The minimum Gasteiger partial charge on any atom is -0.493 e. The molecular formula is C13H19NO4. The molecule has 0 saturated heterocycles. The molecule has 0 radical (unpaired) electrons. The highest BCUT2D eigenvalue weighted by Crippen LogP contribution is 2.26. The van der Waals surface area contributed by atoms with E-state index in [2.05, 4.69) is 0 Å². The lowest BCUT2D eigenvalue weighted by Gasteiger charge is -2.15. The van der Waals surface area contributed by atoms with Crippen molar-refractivity contribution in [3.8, 4) is 11.5 Å². The lowest BCUT2D eigenvalue weighted by molar-refractivity contribution is -0.124. The second-order valence-corrected chi connectivity index (χ2v) is 3.94. The fraction of sp³-hybridized carbons (Fsp3) is 0.462. The first-order valence-electron chi connectivity index (χ1n) is 5.91. The van der Waals surface area contributed by atoms with Gasteiger partial charge in [-0.2, -0.15) is 0 Å². The zero-order chi connectivity index (χ0) is 13.5. The number of hydrogen-bond donors (Lipinski definition) is 2. The van der Waals surface area contributed by atoms with Crippen LogP contribution < -0.4 is 15.2 Å². The Morgan fingerprint density at radius 2 is 2.22 bits per heavy atom. The Hall–Kier alpha value is -1.75. The molecule has 0 bridgehead atoms.